The highest BCUT2D eigenvalue weighted by molar-refractivity contribution is 7.98. The summed E-state index contributed by atoms with van der Waals surface area (Å²) in [6.45, 7) is 5.62. The lowest BCUT2D eigenvalue weighted by Gasteiger charge is -2.38. The van der Waals surface area contributed by atoms with Crippen LogP contribution in [0.2, 0.25) is 0 Å². The molecule has 0 aromatic heterocycles. The van der Waals surface area contributed by atoms with Crippen molar-refractivity contribution in [2.75, 3.05) is 19.3 Å². The Labute approximate surface area is 125 Å². The maximum Gasteiger partial charge on any atom is 0.254 e. The lowest BCUT2D eigenvalue weighted by Crippen LogP contribution is -2.49. The van der Waals surface area contributed by atoms with E-state index in [0.717, 1.165) is 35.4 Å². The zero-order valence-electron chi connectivity index (χ0n) is 12.6. The molecular weight excluding hydrogens is 268 g/mol. The number of hydrogen-bond donors (Lipinski definition) is 1. The molecule has 1 aliphatic heterocycles. The number of hydrogen-bond acceptors (Lipinski definition) is 3. The Morgan fingerprint density at radius 1 is 1.50 bits per heavy atom. The average Bonchev–Trinajstić information content (AvgIpc) is 2.47. The first-order chi connectivity index (χ1) is 9.56. The van der Waals surface area contributed by atoms with Crippen molar-refractivity contribution in [3.63, 3.8) is 0 Å². The summed E-state index contributed by atoms with van der Waals surface area (Å²) in [5.74, 6) is 0.798. The number of aryl methyl sites for hydroxylation is 1. The second-order valence-electron chi connectivity index (χ2n) is 5.70. The number of likely N-dealkylation sites (tertiary alicyclic amines) is 1. The second kappa shape index (κ2) is 6.64. The van der Waals surface area contributed by atoms with Crippen molar-refractivity contribution >= 4 is 17.7 Å². The summed E-state index contributed by atoms with van der Waals surface area (Å²) in [5.41, 5.74) is 7.74. The van der Waals surface area contributed by atoms with Gasteiger partial charge in [0.25, 0.3) is 5.91 Å². The Hall–Kier alpha value is -1.00. The maximum absolute atomic E-state index is 12.8. The van der Waals surface area contributed by atoms with Gasteiger partial charge in [-0.25, -0.2) is 0 Å². The number of carbonyl (C=O) groups excluding carboxylic acids is 1. The van der Waals surface area contributed by atoms with E-state index in [0.29, 0.717) is 12.5 Å². The molecule has 2 unspecified atom stereocenters. The van der Waals surface area contributed by atoms with Crippen LogP contribution in [0.4, 0.5) is 0 Å². The molecule has 1 amide bonds. The molecule has 1 aromatic rings. The van der Waals surface area contributed by atoms with E-state index in [1.807, 2.05) is 30.2 Å². The molecule has 0 bridgehead atoms. The van der Waals surface area contributed by atoms with Crippen LogP contribution in [0.5, 0.6) is 0 Å². The third-order valence-electron chi connectivity index (χ3n) is 4.19. The van der Waals surface area contributed by atoms with Crippen LogP contribution in [0, 0.1) is 12.8 Å². The summed E-state index contributed by atoms with van der Waals surface area (Å²) in [6, 6.07) is 6.29. The zero-order valence-corrected chi connectivity index (χ0v) is 13.4. The van der Waals surface area contributed by atoms with Gasteiger partial charge in [0.1, 0.15) is 0 Å². The average molecular weight is 292 g/mol. The van der Waals surface area contributed by atoms with E-state index in [1.165, 1.54) is 0 Å². The van der Waals surface area contributed by atoms with Crippen LogP contribution in [0.15, 0.2) is 23.1 Å². The molecule has 1 aromatic carbocycles. The molecule has 3 nitrogen and oxygen atoms in total. The highest BCUT2D eigenvalue weighted by Crippen LogP contribution is 2.26. The molecule has 1 heterocycles. The molecule has 0 spiro atoms. The highest BCUT2D eigenvalue weighted by Gasteiger charge is 2.30. The normalized spacial score (nSPS) is 22.9. The molecule has 2 atom stereocenters. The summed E-state index contributed by atoms with van der Waals surface area (Å²) < 4.78 is 0. The topological polar surface area (TPSA) is 46.3 Å². The van der Waals surface area contributed by atoms with Crippen molar-refractivity contribution in [1.29, 1.82) is 0 Å². The van der Waals surface area contributed by atoms with Crippen LogP contribution >= 0.6 is 11.8 Å². The van der Waals surface area contributed by atoms with E-state index < -0.39 is 0 Å². The minimum Gasteiger partial charge on any atom is -0.334 e. The zero-order chi connectivity index (χ0) is 14.7. The Kier molecular flexibility index (Phi) is 5.11. The van der Waals surface area contributed by atoms with Crippen molar-refractivity contribution in [3.05, 3.63) is 29.3 Å². The monoisotopic (exact) mass is 292 g/mol. The lowest BCUT2D eigenvalue weighted by atomic mass is 9.91. The van der Waals surface area contributed by atoms with Crippen molar-refractivity contribution in [1.82, 2.24) is 4.90 Å². The van der Waals surface area contributed by atoms with E-state index in [2.05, 4.69) is 13.0 Å². The standard InChI is InChI=1S/C16H24N2OS/c1-11-6-7-18(13(8-11)10-17)16(19)15-9-14(20-3)5-4-12(15)2/h4-5,9,11,13H,6-8,10,17H2,1-3H3. The van der Waals surface area contributed by atoms with Crippen LogP contribution in [0.25, 0.3) is 0 Å². The first kappa shape index (κ1) is 15.4. The minimum atomic E-state index is 0.140. The Balaban J connectivity index is 2.26. The number of nitrogens with zero attached hydrogens (tertiary/aromatic N) is 1. The predicted octanol–water partition coefficient (Wildman–Crippen LogP) is 2.92. The third kappa shape index (κ3) is 3.18. The molecule has 1 fully saturated rings. The first-order valence-electron chi connectivity index (χ1n) is 7.22. The lowest BCUT2D eigenvalue weighted by molar-refractivity contribution is 0.0572. The molecule has 1 saturated heterocycles. The molecule has 0 aliphatic carbocycles. The fourth-order valence-corrected chi connectivity index (χ4v) is 3.30. The van der Waals surface area contributed by atoms with Gasteiger partial charge in [-0.3, -0.25) is 4.79 Å². The predicted molar refractivity (Wildman–Crippen MR) is 85.2 cm³/mol. The van der Waals surface area contributed by atoms with Gasteiger partial charge in [-0.15, -0.1) is 11.8 Å². The molecule has 1 aliphatic rings. The SMILES string of the molecule is CSc1ccc(C)c(C(=O)N2CCC(C)CC2CN)c1. The number of thioether (sulfide) groups is 1. The Bertz CT molecular complexity index is 489. The molecule has 2 N–H and O–H groups in total. The van der Waals surface area contributed by atoms with Gasteiger partial charge in [-0.2, -0.15) is 0 Å². The van der Waals surface area contributed by atoms with Crippen LogP contribution in [0.1, 0.15) is 35.7 Å². The van der Waals surface area contributed by atoms with Crippen LogP contribution < -0.4 is 5.73 Å². The number of carbonyl (C=O) groups is 1. The van der Waals surface area contributed by atoms with Crippen molar-refractivity contribution in [2.45, 2.75) is 37.6 Å². The van der Waals surface area contributed by atoms with Gasteiger partial charge in [0.15, 0.2) is 0 Å². The quantitative estimate of drug-likeness (QED) is 0.871. The first-order valence-corrected chi connectivity index (χ1v) is 8.45. The molecule has 2 rings (SSSR count). The molecular formula is C16H24N2OS. The number of amides is 1. The van der Waals surface area contributed by atoms with Crippen LogP contribution in [-0.2, 0) is 0 Å². The summed E-state index contributed by atoms with van der Waals surface area (Å²) in [4.78, 5) is 15.9. The smallest absolute Gasteiger partial charge is 0.254 e. The largest absolute Gasteiger partial charge is 0.334 e. The van der Waals surface area contributed by atoms with Gasteiger partial charge < -0.3 is 10.6 Å². The van der Waals surface area contributed by atoms with E-state index in [4.69, 9.17) is 5.73 Å². The van der Waals surface area contributed by atoms with E-state index in [1.54, 1.807) is 11.8 Å². The second-order valence-corrected chi connectivity index (χ2v) is 6.58. The van der Waals surface area contributed by atoms with Gasteiger partial charge in [-0.1, -0.05) is 13.0 Å². The number of piperidine rings is 1. The van der Waals surface area contributed by atoms with Crippen molar-refractivity contribution in [2.24, 2.45) is 11.7 Å². The third-order valence-corrected chi connectivity index (χ3v) is 4.91. The van der Waals surface area contributed by atoms with E-state index in [9.17, 15) is 4.79 Å². The van der Waals surface area contributed by atoms with Gasteiger partial charge in [-0.05, 0) is 49.6 Å². The van der Waals surface area contributed by atoms with Crippen molar-refractivity contribution < 1.29 is 4.79 Å². The molecule has 4 heteroatoms. The summed E-state index contributed by atoms with van der Waals surface area (Å²) in [7, 11) is 0. The molecule has 0 saturated carbocycles. The summed E-state index contributed by atoms with van der Waals surface area (Å²) >= 11 is 1.67. The summed E-state index contributed by atoms with van der Waals surface area (Å²) in [5, 5.41) is 0. The molecule has 0 radical (unpaired) electrons. The van der Waals surface area contributed by atoms with E-state index in [-0.39, 0.29) is 11.9 Å². The van der Waals surface area contributed by atoms with E-state index >= 15 is 0 Å². The van der Waals surface area contributed by atoms with Gasteiger partial charge in [0, 0.05) is 29.6 Å². The summed E-state index contributed by atoms with van der Waals surface area (Å²) in [6.07, 6.45) is 4.12. The van der Waals surface area contributed by atoms with Gasteiger partial charge in [0.2, 0.25) is 0 Å². The molecule has 20 heavy (non-hydrogen) atoms. The molecule has 110 valence electrons. The van der Waals surface area contributed by atoms with Crippen LogP contribution in [0.3, 0.4) is 0 Å². The van der Waals surface area contributed by atoms with Crippen LogP contribution in [-0.4, -0.2) is 36.2 Å². The maximum atomic E-state index is 12.8. The fourth-order valence-electron chi connectivity index (χ4n) is 2.86. The van der Waals surface area contributed by atoms with Gasteiger partial charge >= 0.3 is 0 Å². The number of benzene rings is 1. The highest BCUT2D eigenvalue weighted by atomic mass is 32.2. The fraction of sp³-hybridized carbons (Fsp3) is 0.562. The Morgan fingerprint density at radius 3 is 2.90 bits per heavy atom. The number of rotatable bonds is 3. The Morgan fingerprint density at radius 2 is 2.25 bits per heavy atom. The van der Waals surface area contributed by atoms with Gasteiger partial charge in [0.05, 0.1) is 0 Å². The minimum absolute atomic E-state index is 0.140. The van der Waals surface area contributed by atoms with Crippen molar-refractivity contribution in [3.8, 4) is 0 Å². The number of nitrogens with two attached hydrogens (primary N) is 1.